The van der Waals surface area contributed by atoms with E-state index in [0.717, 1.165) is 33.7 Å². The third-order valence-corrected chi connectivity index (χ3v) is 4.88. The van der Waals surface area contributed by atoms with Crippen molar-refractivity contribution in [1.29, 1.82) is 0 Å². The SMILES string of the molecule is CCc1cc2c(Nc3cnn(Cc4cccnc4)c3)ncnc2s1. The minimum absolute atomic E-state index is 0.688. The standard InChI is InChI=1S/C17H16N6S/c1-2-14-6-15-16(19-11-20-17(15)24-14)22-13-8-21-23(10-13)9-12-4-3-5-18-7-12/h3-8,10-11H,2,9H2,1H3,(H,19,20,22). The zero-order chi connectivity index (χ0) is 16.4. The first-order valence-corrected chi connectivity index (χ1v) is 8.55. The van der Waals surface area contributed by atoms with Crippen LogP contribution in [0.3, 0.4) is 0 Å². The molecule has 1 N–H and O–H groups in total. The second kappa shape index (κ2) is 6.37. The number of nitrogens with one attached hydrogen (secondary N) is 1. The van der Waals surface area contributed by atoms with Gasteiger partial charge in [-0.1, -0.05) is 13.0 Å². The molecule has 4 aromatic rings. The molecule has 0 aliphatic rings. The lowest BCUT2D eigenvalue weighted by atomic mass is 10.3. The van der Waals surface area contributed by atoms with Crippen molar-refractivity contribution in [1.82, 2.24) is 24.7 Å². The second-order valence-electron chi connectivity index (χ2n) is 5.42. The van der Waals surface area contributed by atoms with Crippen molar-refractivity contribution in [3.05, 3.63) is 59.8 Å². The molecule has 120 valence electrons. The van der Waals surface area contributed by atoms with Gasteiger partial charge in [-0.3, -0.25) is 9.67 Å². The van der Waals surface area contributed by atoms with Gasteiger partial charge in [0.15, 0.2) is 0 Å². The van der Waals surface area contributed by atoms with Crippen LogP contribution in [0.25, 0.3) is 10.2 Å². The Hall–Kier alpha value is -2.80. The fourth-order valence-electron chi connectivity index (χ4n) is 2.51. The maximum atomic E-state index is 4.39. The molecule has 24 heavy (non-hydrogen) atoms. The van der Waals surface area contributed by atoms with Gasteiger partial charge in [-0.25, -0.2) is 9.97 Å². The van der Waals surface area contributed by atoms with Gasteiger partial charge in [0.25, 0.3) is 0 Å². The topological polar surface area (TPSA) is 68.5 Å². The van der Waals surface area contributed by atoms with Crippen molar-refractivity contribution in [3.63, 3.8) is 0 Å². The fourth-order valence-corrected chi connectivity index (χ4v) is 3.44. The summed E-state index contributed by atoms with van der Waals surface area (Å²) in [5.41, 5.74) is 2.02. The highest BCUT2D eigenvalue weighted by molar-refractivity contribution is 7.18. The Labute approximate surface area is 143 Å². The number of pyridine rings is 1. The molecule has 0 atom stereocenters. The number of thiophene rings is 1. The van der Waals surface area contributed by atoms with E-state index < -0.39 is 0 Å². The molecule has 0 unspecified atom stereocenters. The molecule has 0 bridgehead atoms. The molecule has 4 heterocycles. The van der Waals surface area contributed by atoms with Gasteiger partial charge in [0.05, 0.1) is 23.8 Å². The van der Waals surface area contributed by atoms with Crippen LogP contribution in [0.2, 0.25) is 0 Å². The van der Waals surface area contributed by atoms with Crippen LogP contribution in [0.5, 0.6) is 0 Å². The van der Waals surface area contributed by atoms with Crippen LogP contribution in [0.4, 0.5) is 11.5 Å². The highest BCUT2D eigenvalue weighted by Crippen LogP contribution is 2.29. The van der Waals surface area contributed by atoms with Crippen LogP contribution < -0.4 is 5.32 Å². The largest absolute Gasteiger partial charge is 0.337 e. The van der Waals surface area contributed by atoms with Crippen molar-refractivity contribution in [2.24, 2.45) is 0 Å². The van der Waals surface area contributed by atoms with Crippen LogP contribution in [0.15, 0.2) is 49.3 Å². The molecule has 0 aliphatic heterocycles. The first-order valence-electron chi connectivity index (χ1n) is 7.73. The summed E-state index contributed by atoms with van der Waals surface area (Å²) in [4.78, 5) is 15.2. The van der Waals surface area contributed by atoms with E-state index in [1.165, 1.54) is 4.88 Å². The molecule has 0 fully saturated rings. The highest BCUT2D eigenvalue weighted by atomic mass is 32.1. The fraction of sp³-hybridized carbons (Fsp3) is 0.176. The lowest BCUT2D eigenvalue weighted by Gasteiger charge is -2.03. The van der Waals surface area contributed by atoms with Gasteiger partial charge in [-0.05, 0) is 24.1 Å². The summed E-state index contributed by atoms with van der Waals surface area (Å²) in [6, 6.07) is 6.12. The van der Waals surface area contributed by atoms with Gasteiger partial charge in [0, 0.05) is 23.5 Å². The van der Waals surface area contributed by atoms with Crippen LogP contribution in [0, 0.1) is 0 Å². The second-order valence-corrected chi connectivity index (χ2v) is 6.54. The molecule has 4 aromatic heterocycles. The predicted octanol–water partition coefficient (Wildman–Crippen LogP) is 3.64. The Bertz CT molecular complexity index is 960. The molecule has 0 saturated heterocycles. The zero-order valence-corrected chi connectivity index (χ0v) is 14.0. The average Bonchev–Trinajstić information content (AvgIpc) is 3.23. The third kappa shape index (κ3) is 2.98. The minimum atomic E-state index is 0.688. The molecular weight excluding hydrogens is 320 g/mol. The van der Waals surface area contributed by atoms with E-state index >= 15 is 0 Å². The molecule has 0 amide bonds. The Morgan fingerprint density at radius 3 is 3.04 bits per heavy atom. The van der Waals surface area contributed by atoms with E-state index in [2.05, 4.69) is 38.4 Å². The molecule has 4 rings (SSSR count). The molecule has 0 saturated carbocycles. The summed E-state index contributed by atoms with van der Waals surface area (Å²) >= 11 is 1.71. The number of hydrogen-bond donors (Lipinski definition) is 1. The van der Waals surface area contributed by atoms with Gasteiger partial charge in [-0.15, -0.1) is 11.3 Å². The molecule has 0 radical (unpaired) electrons. The number of nitrogens with zero attached hydrogens (tertiary/aromatic N) is 5. The van der Waals surface area contributed by atoms with Crippen LogP contribution >= 0.6 is 11.3 Å². The molecule has 0 aliphatic carbocycles. The quantitative estimate of drug-likeness (QED) is 0.602. The Balaban J connectivity index is 1.57. The van der Waals surface area contributed by atoms with Crippen molar-refractivity contribution in [2.75, 3.05) is 5.32 Å². The summed E-state index contributed by atoms with van der Waals surface area (Å²) in [6.07, 6.45) is 9.99. The predicted molar refractivity (Wildman–Crippen MR) is 95.6 cm³/mol. The summed E-state index contributed by atoms with van der Waals surface area (Å²) in [7, 11) is 0. The lowest BCUT2D eigenvalue weighted by molar-refractivity contribution is 0.685. The molecule has 6 nitrogen and oxygen atoms in total. The number of fused-ring (bicyclic) bond motifs is 1. The maximum absolute atomic E-state index is 4.39. The number of aromatic nitrogens is 5. The van der Waals surface area contributed by atoms with Crippen LogP contribution in [-0.4, -0.2) is 24.7 Å². The number of aryl methyl sites for hydroxylation is 1. The van der Waals surface area contributed by atoms with Crippen molar-refractivity contribution < 1.29 is 0 Å². The third-order valence-electron chi connectivity index (χ3n) is 3.69. The number of hydrogen-bond acceptors (Lipinski definition) is 6. The van der Waals surface area contributed by atoms with Crippen LogP contribution in [0.1, 0.15) is 17.4 Å². The van der Waals surface area contributed by atoms with Gasteiger partial charge < -0.3 is 5.32 Å². The molecule has 7 heteroatoms. The van der Waals surface area contributed by atoms with Gasteiger partial charge >= 0.3 is 0 Å². The molecule has 0 spiro atoms. The number of anilines is 2. The molecular formula is C17H16N6S. The van der Waals surface area contributed by atoms with Gasteiger partial charge in [-0.2, -0.15) is 5.10 Å². The van der Waals surface area contributed by atoms with E-state index in [4.69, 9.17) is 0 Å². The van der Waals surface area contributed by atoms with E-state index in [9.17, 15) is 0 Å². The number of rotatable bonds is 5. The zero-order valence-electron chi connectivity index (χ0n) is 13.2. The minimum Gasteiger partial charge on any atom is -0.337 e. The normalized spacial score (nSPS) is 11.0. The monoisotopic (exact) mass is 336 g/mol. The van der Waals surface area contributed by atoms with Gasteiger partial charge in [0.2, 0.25) is 0 Å². The van der Waals surface area contributed by atoms with E-state index in [1.807, 2.05) is 29.2 Å². The summed E-state index contributed by atoms with van der Waals surface area (Å²) in [5, 5.41) is 8.80. The smallest absolute Gasteiger partial charge is 0.142 e. The van der Waals surface area contributed by atoms with Crippen molar-refractivity contribution >= 4 is 33.1 Å². The Kier molecular flexibility index (Phi) is 3.92. The van der Waals surface area contributed by atoms with Crippen molar-refractivity contribution in [2.45, 2.75) is 19.9 Å². The first-order chi connectivity index (χ1) is 11.8. The Morgan fingerprint density at radius 2 is 2.21 bits per heavy atom. The average molecular weight is 336 g/mol. The van der Waals surface area contributed by atoms with Crippen molar-refractivity contribution in [3.8, 4) is 0 Å². The summed E-state index contributed by atoms with van der Waals surface area (Å²) < 4.78 is 1.88. The lowest BCUT2D eigenvalue weighted by Crippen LogP contribution is -2.00. The van der Waals surface area contributed by atoms with E-state index in [1.54, 1.807) is 30.1 Å². The summed E-state index contributed by atoms with van der Waals surface area (Å²) in [5.74, 6) is 0.817. The summed E-state index contributed by atoms with van der Waals surface area (Å²) in [6.45, 7) is 2.83. The van der Waals surface area contributed by atoms with Crippen LogP contribution in [-0.2, 0) is 13.0 Å². The van der Waals surface area contributed by atoms with Gasteiger partial charge in [0.1, 0.15) is 17.0 Å². The maximum Gasteiger partial charge on any atom is 0.142 e. The van der Waals surface area contributed by atoms with E-state index in [-0.39, 0.29) is 0 Å². The Morgan fingerprint density at radius 1 is 1.25 bits per heavy atom. The van der Waals surface area contributed by atoms with E-state index in [0.29, 0.717) is 6.54 Å². The highest BCUT2D eigenvalue weighted by Gasteiger charge is 2.09. The first kappa shape index (κ1) is 14.8. The molecule has 0 aromatic carbocycles.